The highest BCUT2D eigenvalue weighted by atomic mass is 35.5. The van der Waals surface area contributed by atoms with Crippen LogP contribution in [0, 0.1) is 32.1 Å². The number of halogens is 1. The van der Waals surface area contributed by atoms with Gasteiger partial charge in [0.25, 0.3) is 50.6 Å². The summed E-state index contributed by atoms with van der Waals surface area (Å²) >= 11 is 8.50. The number of azo groups is 3. The van der Waals surface area contributed by atoms with Crippen molar-refractivity contribution < 1.29 is 74.7 Å². The lowest BCUT2D eigenvalue weighted by Gasteiger charge is -2.12. The van der Waals surface area contributed by atoms with Crippen molar-refractivity contribution in [2.75, 3.05) is 23.9 Å². The van der Waals surface area contributed by atoms with Gasteiger partial charge in [-0.2, -0.15) is 52.5 Å². The van der Waals surface area contributed by atoms with Gasteiger partial charge in [-0.05, 0) is 98.3 Å². The maximum absolute atomic E-state index is 12.4. The van der Waals surface area contributed by atoms with Crippen LogP contribution in [0.3, 0.4) is 0 Å². The van der Waals surface area contributed by atoms with Gasteiger partial charge in [0, 0.05) is 21.9 Å². The van der Waals surface area contributed by atoms with Crippen molar-refractivity contribution in [3.05, 3.63) is 87.9 Å². The molecule has 0 fully saturated rings. The molecule has 27 nitrogen and oxygen atoms in total. The molecule has 0 saturated carbocycles. The number of nitriles is 1. The molecule has 0 aliphatic carbocycles. The number of aryl methyl sites for hydroxylation is 2. The normalized spacial score (nSPS) is 13.1. The molecule has 0 radical (unpaired) electrons. The first kappa shape index (κ1) is 58.4. The number of aromatic hydroxyl groups is 1. The molecule has 8 rings (SSSR count). The van der Waals surface area contributed by atoms with Crippen LogP contribution < -0.4 is 4.74 Å². The van der Waals surface area contributed by atoms with Crippen LogP contribution in [0.5, 0.6) is 11.6 Å². The largest absolute Gasteiger partial charge is 0.493 e. The molecule has 79 heavy (non-hydrogen) atoms. The number of hydrogen-bond donors (Lipinski definition) is 6. The summed E-state index contributed by atoms with van der Waals surface area (Å²) in [5, 5.41) is 47.6. The van der Waals surface area contributed by atoms with Crippen molar-refractivity contribution in [1.82, 2.24) is 14.4 Å². The minimum absolute atomic E-state index is 0.0290. The molecule has 0 aliphatic rings. The summed E-state index contributed by atoms with van der Waals surface area (Å²) in [4.78, 5) is 7.07. The van der Waals surface area contributed by atoms with Gasteiger partial charge in [-0.3, -0.25) is 27.2 Å². The Labute approximate surface area is 461 Å². The second-order valence-corrected chi connectivity index (χ2v) is 26.8. The van der Waals surface area contributed by atoms with Gasteiger partial charge in [-0.25, -0.2) is 9.97 Å². The first-order valence-corrected chi connectivity index (χ1v) is 31.8. The second kappa shape index (κ2) is 22.1. The molecular weight excluding hydrogens is 1200 g/mol. The molecule has 414 valence electrons. The number of nitrogens with zero attached hydrogens (tertiary/aromatic N) is 10. The van der Waals surface area contributed by atoms with E-state index in [4.69, 9.17) is 16.3 Å². The lowest BCUT2D eigenvalue weighted by atomic mass is 10.1. The maximum Gasteiger partial charge on any atom is 0.296 e. The summed E-state index contributed by atoms with van der Waals surface area (Å²) in [6.45, 7) is 4.28. The van der Waals surface area contributed by atoms with E-state index in [1.54, 1.807) is 13.8 Å². The number of pyridine rings is 1. The van der Waals surface area contributed by atoms with E-state index >= 15 is 0 Å². The van der Waals surface area contributed by atoms with E-state index in [1.807, 2.05) is 6.07 Å². The second-order valence-electron chi connectivity index (χ2n) is 16.9. The van der Waals surface area contributed by atoms with Crippen LogP contribution in [0.4, 0.5) is 33.6 Å². The van der Waals surface area contributed by atoms with Gasteiger partial charge in [-0.15, -0.1) is 37.3 Å². The smallest absolute Gasteiger partial charge is 0.296 e. The first-order chi connectivity index (χ1) is 36.8. The molecule has 8 aromatic rings. The highest BCUT2D eigenvalue weighted by molar-refractivity contribution is 7.99. The number of hydrogen-bond acceptors (Lipinski definition) is 23. The number of thioether (sulfide) groups is 1. The van der Waals surface area contributed by atoms with Crippen molar-refractivity contribution in [3.8, 4) is 17.7 Å². The Bertz CT molecular complexity index is 4620. The fourth-order valence-corrected chi connectivity index (χ4v) is 12.9. The Balaban J connectivity index is 1.19. The third-order valence-corrected chi connectivity index (χ3v) is 18.0. The molecule has 0 atom stereocenters. The van der Waals surface area contributed by atoms with Gasteiger partial charge >= 0.3 is 0 Å². The molecule has 3 heterocycles. The van der Waals surface area contributed by atoms with Crippen LogP contribution in [0.2, 0.25) is 5.02 Å². The molecule has 0 bridgehead atoms. The van der Waals surface area contributed by atoms with Gasteiger partial charge in [0.2, 0.25) is 11.0 Å². The SMILES string of the molecule is Cc1cc(N=Nc2c(C)c(C#N)c3nc4c(S(=O)(=O)O)ccc(C)c4n3c2O)c(OCCCS(=O)(=O)O)cc1N=Nc1cc(Cl)c(N=Nc2nc3c(S(=O)(=O)O)cc4ccc(S(=O)(=O)O)cc4c3s2)cc1SCCCS(=O)(=O)O. The van der Waals surface area contributed by atoms with Crippen molar-refractivity contribution >= 4 is 157 Å². The monoisotopic (exact) mass is 1240 g/mol. The number of ether oxygens (including phenoxy) is 1. The third kappa shape index (κ3) is 13.0. The van der Waals surface area contributed by atoms with Crippen LogP contribution >= 0.6 is 34.7 Å². The van der Waals surface area contributed by atoms with E-state index in [0.717, 1.165) is 51.8 Å². The zero-order valence-corrected chi connectivity index (χ0v) is 46.9. The summed E-state index contributed by atoms with van der Waals surface area (Å²) in [6, 6.07) is 14.4. The van der Waals surface area contributed by atoms with E-state index in [9.17, 15) is 75.2 Å². The van der Waals surface area contributed by atoms with Crippen molar-refractivity contribution in [2.24, 2.45) is 30.7 Å². The van der Waals surface area contributed by atoms with Gasteiger partial charge in [-0.1, -0.05) is 35.1 Å². The van der Waals surface area contributed by atoms with E-state index in [-0.39, 0.29) is 123 Å². The van der Waals surface area contributed by atoms with Gasteiger partial charge in [0.15, 0.2) is 11.3 Å². The lowest BCUT2D eigenvalue weighted by Crippen LogP contribution is -2.08. The topological polar surface area (TPSA) is 429 Å². The quantitative estimate of drug-likeness (QED) is 0.0190. The number of aromatic nitrogens is 3. The molecule has 0 unspecified atom stereocenters. The number of thiazole rings is 1. The predicted octanol–water partition coefficient (Wildman–Crippen LogP) is 10.4. The van der Waals surface area contributed by atoms with Gasteiger partial charge in [0.1, 0.15) is 55.3 Å². The van der Waals surface area contributed by atoms with Crippen LogP contribution in [-0.4, -0.2) is 108 Å². The zero-order chi connectivity index (χ0) is 57.7. The summed E-state index contributed by atoms with van der Waals surface area (Å²) in [5.74, 6) is -1.91. The number of imidazole rings is 1. The Kier molecular flexibility index (Phi) is 16.3. The fourth-order valence-electron chi connectivity index (χ4n) is 7.76. The molecule has 5 aromatic carbocycles. The molecule has 0 aliphatic heterocycles. The molecule has 3 aromatic heterocycles. The number of fused-ring (bicyclic) bond motifs is 6. The van der Waals surface area contributed by atoms with E-state index < -0.39 is 82.7 Å². The van der Waals surface area contributed by atoms with Gasteiger partial charge in [0.05, 0.1) is 43.9 Å². The van der Waals surface area contributed by atoms with Crippen molar-refractivity contribution in [3.63, 3.8) is 0 Å². The highest BCUT2D eigenvalue weighted by Crippen LogP contribution is 2.45. The average molecular weight is 1240 g/mol. The van der Waals surface area contributed by atoms with Crippen molar-refractivity contribution in [1.29, 1.82) is 5.26 Å². The maximum atomic E-state index is 12.4. The fraction of sp³-hybridized carbons (Fsp3) is 0.205. The minimum atomic E-state index is -4.90. The average Bonchev–Trinajstić information content (AvgIpc) is 4.22. The number of benzene rings is 5. The lowest BCUT2D eigenvalue weighted by molar-refractivity contribution is 0.317. The highest BCUT2D eigenvalue weighted by Gasteiger charge is 2.27. The van der Waals surface area contributed by atoms with Crippen LogP contribution in [0.15, 0.2) is 111 Å². The standard InChI is InChI=1S/C44H37ClN10O17S7/c1-21-6-9-35(78(66,67)68)38-40(21)55-42(47-38)27(20-46)23(3)37(43(55)56)53-51-31-14-22(2)29(18-33(31)72-10-4-12-75(57,58)59)49-52-32-17-28(45)30(19-34(32)73-11-5-13-76(60,61)62)50-54-44-48-39-36(79(69,70)71)15-24-7-8-25(77(63,64)65)16-26(24)41(39)74-44/h6-9,14-19,56H,4-5,10-13H2,1-3H3,(H,57,58,59)(H,60,61,62)(H,63,64,65)(H,66,67,68)(H,69,70,71). The first-order valence-electron chi connectivity index (χ1n) is 22.1. The van der Waals surface area contributed by atoms with Crippen LogP contribution in [-0.2, 0) is 50.6 Å². The Morgan fingerprint density at radius 1 is 0.696 bits per heavy atom. The minimum Gasteiger partial charge on any atom is -0.493 e. The Hall–Kier alpha value is -6.72. The van der Waals surface area contributed by atoms with Crippen molar-refractivity contribution in [2.45, 2.75) is 53.2 Å². The van der Waals surface area contributed by atoms with E-state index in [2.05, 4.69) is 40.7 Å². The zero-order valence-electron chi connectivity index (χ0n) is 40.4. The molecule has 0 spiro atoms. The van der Waals surface area contributed by atoms with Crippen LogP contribution in [0.1, 0.15) is 35.1 Å². The molecule has 0 saturated heterocycles. The Morgan fingerprint density at radius 2 is 1.35 bits per heavy atom. The molecule has 6 N–H and O–H groups in total. The van der Waals surface area contributed by atoms with E-state index in [1.165, 1.54) is 43.3 Å². The number of rotatable bonds is 19. The summed E-state index contributed by atoms with van der Waals surface area (Å²) in [6.07, 6.45) is -0.251. The van der Waals surface area contributed by atoms with Gasteiger partial charge < -0.3 is 9.84 Å². The van der Waals surface area contributed by atoms with E-state index in [0.29, 0.717) is 11.1 Å². The predicted molar refractivity (Wildman–Crippen MR) is 289 cm³/mol. The van der Waals surface area contributed by atoms with Crippen LogP contribution in [0.25, 0.3) is 37.7 Å². The molecule has 0 amide bonds. The summed E-state index contributed by atoms with van der Waals surface area (Å²) < 4.78 is 175. The molecule has 35 heteroatoms. The summed E-state index contributed by atoms with van der Waals surface area (Å²) in [5.41, 5.74) is -0.103. The third-order valence-electron chi connectivity index (χ3n) is 11.4. The molecular formula is C44H37ClN10O17S7. The summed E-state index contributed by atoms with van der Waals surface area (Å²) in [7, 11) is -23.2. The Morgan fingerprint density at radius 3 is 2.01 bits per heavy atom.